The van der Waals surface area contributed by atoms with Gasteiger partial charge in [0.25, 0.3) is 0 Å². The number of rotatable bonds is 6. The van der Waals surface area contributed by atoms with Crippen LogP contribution in [0.2, 0.25) is 0 Å². The molecule has 0 aromatic heterocycles. The Hall–Kier alpha value is -1.14. The van der Waals surface area contributed by atoms with Crippen LogP contribution in [0.4, 0.5) is 17.6 Å². The first kappa shape index (κ1) is 16.9. The predicted molar refractivity (Wildman–Crippen MR) is 68.9 cm³/mol. The zero-order valence-corrected chi connectivity index (χ0v) is 11.7. The Labute approximate surface area is 116 Å². The highest BCUT2D eigenvalue weighted by Gasteiger charge is 2.34. The molecule has 1 rings (SSSR count). The normalized spacial score (nSPS) is 15.2. The van der Waals surface area contributed by atoms with Crippen molar-refractivity contribution < 1.29 is 22.3 Å². The molecule has 0 saturated heterocycles. The summed E-state index contributed by atoms with van der Waals surface area (Å²) in [6, 6.07) is 2.63. The van der Waals surface area contributed by atoms with Gasteiger partial charge in [-0.15, -0.1) is 0 Å². The quantitative estimate of drug-likeness (QED) is 0.803. The molecule has 1 aromatic carbocycles. The maximum absolute atomic E-state index is 13.6. The van der Waals surface area contributed by atoms with Crippen molar-refractivity contribution in [2.24, 2.45) is 0 Å². The smallest absolute Gasteiger partial charge is 0.379 e. The number of ether oxygens (including phenoxy) is 1. The number of benzene rings is 1. The van der Waals surface area contributed by atoms with Crippen LogP contribution in [0.3, 0.4) is 0 Å². The molecule has 2 unspecified atom stereocenters. The first-order valence-corrected chi connectivity index (χ1v) is 6.41. The van der Waals surface area contributed by atoms with Crippen LogP contribution < -0.4 is 5.32 Å². The molecule has 0 heterocycles. The first-order chi connectivity index (χ1) is 9.35. The first-order valence-electron chi connectivity index (χ1n) is 6.41. The van der Waals surface area contributed by atoms with Crippen molar-refractivity contribution in [3.8, 4) is 0 Å². The predicted octanol–water partition coefficient (Wildman–Crippen LogP) is 3.92. The number of hydrogen-bond acceptors (Lipinski definition) is 2. The van der Waals surface area contributed by atoms with Gasteiger partial charge in [-0.1, -0.05) is 19.4 Å². The third kappa shape index (κ3) is 3.93. The Morgan fingerprint density at radius 1 is 1.30 bits per heavy atom. The molecule has 0 spiro atoms. The van der Waals surface area contributed by atoms with Crippen LogP contribution in [0.15, 0.2) is 18.2 Å². The van der Waals surface area contributed by atoms with Crippen LogP contribution in [0.1, 0.15) is 36.9 Å². The molecular weight excluding hydrogens is 274 g/mol. The van der Waals surface area contributed by atoms with E-state index in [1.807, 2.05) is 6.92 Å². The Bertz CT molecular complexity index is 434. The summed E-state index contributed by atoms with van der Waals surface area (Å²) in [5.74, 6) is -1.26. The van der Waals surface area contributed by atoms with Gasteiger partial charge in [0.2, 0.25) is 0 Å². The Kier molecular flexibility index (Phi) is 5.95. The standard InChI is InChI=1S/C14H19F4NO/c1-4-5-12(20-3)13(19-2)9-6-7-10(11(15)8-9)14(16,17)18/h6-8,12-13,19H,4-5H2,1-3H3. The zero-order valence-electron chi connectivity index (χ0n) is 11.7. The minimum Gasteiger partial charge on any atom is -0.379 e. The van der Waals surface area contributed by atoms with Gasteiger partial charge in [-0.3, -0.25) is 0 Å². The second kappa shape index (κ2) is 7.04. The lowest BCUT2D eigenvalue weighted by Crippen LogP contribution is -2.31. The highest BCUT2D eigenvalue weighted by molar-refractivity contribution is 5.29. The fraction of sp³-hybridized carbons (Fsp3) is 0.571. The third-order valence-corrected chi connectivity index (χ3v) is 3.22. The van der Waals surface area contributed by atoms with Crippen molar-refractivity contribution in [1.82, 2.24) is 5.32 Å². The second-order valence-corrected chi connectivity index (χ2v) is 4.57. The lowest BCUT2D eigenvalue weighted by atomic mass is 9.97. The molecule has 0 fully saturated rings. The maximum Gasteiger partial charge on any atom is 0.419 e. The average molecular weight is 293 g/mol. The topological polar surface area (TPSA) is 21.3 Å². The molecule has 1 aromatic rings. The highest BCUT2D eigenvalue weighted by atomic mass is 19.4. The van der Waals surface area contributed by atoms with Crippen molar-refractivity contribution in [3.63, 3.8) is 0 Å². The molecule has 0 radical (unpaired) electrons. The van der Waals surface area contributed by atoms with E-state index in [2.05, 4.69) is 5.32 Å². The third-order valence-electron chi connectivity index (χ3n) is 3.22. The van der Waals surface area contributed by atoms with Gasteiger partial charge in [0, 0.05) is 7.11 Å². The van der Waals surface area contributed by atoms with Crippen molar-refractivity contribution in [2.45, 2.75) is 38.1 Å². The van der Waals surface area contributed by atoms with Gasteiger partial charge in [-0.25, -0.2) is 4.39 Å². The number of halogens is 4. The number of alkyl halides is 3. The monoisotopic (exact) mass is 293 g/mol. The largest absolute Gasteiger partial charge is 0.419 e. The van der Waals surface area contributed by atoms with E-state index in [4.69, 9.17) is 4.74 Å². The average Bonchev–Trinajstić information content (AvgIpc) is 2.37. The lowest BCUT2D eigenvalue weighted by Gasteiger charge is -2.26. The molecule has 0 aliphatic rings. The summed E-state index contributed by atoms with van der Waals surface area (Å²) in [6.07, 6.45) is -3.31. The van der Waals surface area contributed by atoms with Crippen molar-refractivity contribution in [3.05, 3.63) is 35.1 Å². The van der Waals surface area contributed by atoms with Gasteiger partial charge in [0.15, 0.2) is 0 Å². The van der Waals surface area contributed by atoms with Crippen LogP contribution in [0.25, 0.3) is 0 Å². The highest BCUT2D eigenvalue weighted by Crippen LogP contribution is 2.33. The van der Waals surface area contributed by atoms with E-state index in [1.165, 1.54) is 13.2 Å². The van der Waals surface area contributed by atoms with Crippen LogP contribution in [-0.4, -0.2) is 20.3 Å². The van der Waals surface area contributed by atoms with Gasteiger partial charge in [-0.05, 0) is 31.2 Å². The molecule has 0 aliphatic heterocycles. The molecule has 0 saturated carbocycles. The van der Waals surface area contributed by atoms with E-state index in [0.29, 0.717) is 5.56 Å². The van der Waals surface area contributed by atoms with Crippen molar-refractivity contribution >= 4 is 0 Å². The van der Waals surface area contributed by atoms with Crippen LogP contribution in [-0.2, 0) is 10.9 Å². The molecule has 2 atom stereocenters. The van der Waals surface area contributed by atoms with Crippen LogP contribution in [0, 0.1) is 5.82 Å². The summed E-state index contributed by atoms with van der Waals surface area (Å²) in [5, 5.41) is 2.97. The molecule has 114 valence electrons. The number of methoxy groups -OCH3 is 1. The second-order valence-electron chi connectivity index (χ2n) is 4.57. The van der Waals surface area contributed by atoms with E-state index in [-0.39, 0.29) is 12.1 Å². The zero-order chi connectivity index (χ0) is 15.3. The summed E-state index contributed by atoms with van der Waals surface area (Å²) >= 11 is 0. The summed E-state index contributed by atoms with van der Waals surface area (Å²) in [5.41, 5.74) is -0.807. The molecule has 6 heteroatoms. The minimum atomic E-state index is -4.68. The van der Waals surface area contributed by atoms with Crippen LogP contribution >= 0.6 is 0 Å². The van der Waals surface area contributed by atoms with E-state index in [1.54, 1.807) is 7.05 Å². The summed E-state index contributed by atoms with van der Waals surface area (Å²) < 4.78 is 56.5. The molecule has 0 amide bonds. The van der Waals surface area contributed by atoms with Gasteiger partial charge in [0.05, 0.1) is 17.7 Å². The van der Waals surface area contributed by atoms with Crippen molar-refractivity contribution in [1.29, 1.82) is 0 Å². The Balaban J connectivity index is 3.08. The Morgan fingerprint density at radius 3 is 2.35 bits per heavy atom. The van der Waals surface area contributed by atoms with Gasteiger partial charge >= 0.3 is 6.18 Å². The van der Waals surface area contributed by atoms with Gasteiger partial charge < -0.3 is 10.1 Å². The van der Waals surface area contributed by atoms with Crippen LogP contribution in [0.5, 0.6) is 0 Å². The molecule has 0 aliphatic carbocycles. The molecule has 1 N–H and O–H groups in total. The Morgan fingerprint density at radius 2 is 1.95 bits per heavy atom. The molecule has 0 bridgehead atoms. The minimum absolute atomic E-state index is 0.221. The molecular formula is C14H19F4NO. The molecule has 2 nitrogen and oxygen atoms in total. The number of hydrogen-bond donors (Lipinski definition) is 1. The number of likely N-dealkylation sites (N-methyl/N-ethyl adjacent to an activating group) is 1. The van der Waals surface area contributed by atoms with Crippen molar-refractivity contribution in [2.75, 3.05) is 14.2 Å². The summed E-state index contributed by atoms with van der Waals surface area (Å²) in [4.78, 5) is 0. The van der Waals surface area contributed by atoms with Gasteiger partial charge in [-0.2, -0.15) is 13.2 Å². The van der Waals surface area contributed by atoms with Gasteiger partial charge in [0.1, 0.15) is 5.82 Å². The van der Waals surface area contributed by atoms with E-state index in [9.17, 15) is 17.6 Å². The van der Waals surface area contributed by atoms with E-state index >= 15 is 0 Å². The maximum atomic E-state index is 13.6. The summed E-state index contributed by atoms with van der Waals surface area (Å²) in [6.45, 7) is 1.98. The number of nitrogens with one attached hydrogen (secondary N) is 1. The van der Waals surface area contributed by atoms with E-state index < -0.39 is 17.6 Å². The van der Waals surface area contributed by atoms with E-state index in [0.717, 1.165) is 25.0 Å². The summed E-state index contributed by atoms with van der Waals surface area (Å²) in [7, 11) is 3.20. The SMILES string of the molecule is CCCC(OC)C(NC)c1ccc(C(F)(F)F)c(F)c1. The lowest BCUT2D eigenvalue weighted by molar-refractivity contribution is -0.140. The fourth-order valence-electron chi connectivity index (χ4n) is 2.23. The fourth-order valence-corrected chi connectivity index (χ4v) is 2.23. The molecule has 20 heavy (non-hydrogen) atoms.